The Morgan fingerprint density at radius 2 is 2.24 bits per heavy atom. The summed E-state index contributed by atoms with van der Waals surface area (Å²) in [6.45, 7) is 0.400. The molecule has 0 amide bonds. The second-order valence-corrected chi connectivity index (χ2v) is 4.13. The summed E-state index contributed by atoms with van der Waals surface area (Å²) >= 11 is 0. The molecule has 0 radical (unpaired) electrons. The zero-order chi connectivity index (χ0) is 11.8. The van der Waals surface area contributed by atoms with Gasteiger partial charge in [-0.05, 0) is 12.1 Å². The molecule has 2 atom stereocenters. The van der Waals surface area contributed by atoms with Crippen LogP contribution in [0.15, 0.2) is 34.7 Å². The van der Waals surface area contributed by atoms with Gasteiger partial charge in [0.1, 0.15) is 11.3 Å². The van der Waals surface area contributed by atoms with Gasteiger partial charge in [0.2, 0.25) is 0 Å². The highest BCUT2D eigenvalue weighted by Crippen LogP contribution is 2.29. The maximum Gasteiger partial charge on any atom is 0.309 e. The average Bonchev–Trinajstić information content (AvgIpc) is 2.95. The monoisotopic (exact) mass is 232 g/mol. The molecule has 88 valence electrons. The number of nitrogens with one attached hydrogen (secondary N) is 2. The van der Waals surface area contributed by atoms with E-state index in [1.54, 1.807) is 0 Å². The van der Waals surface area contributed by atoms with Crippen LogP contribution in [0.3, 0.4) is 0 Å². The van der Waals surface area contributed by atoms with Gasteiger partial charge < -0.3 is 9.52 Å². The van der Waals surface area contributed by atoms with Crippen molar-refractivity contribution in [2.45, 2.75) is 6.04 Å². The van der Waals surface area contributed by atoms with Gasteiger partial charge in [-0.2, -0.15) is 0 Å². The molecule has 1 aliphatic heterocycles. The Bertz CT molecular complexity index is 531. The highest BCUT2D eigenvalue weighted by molar-refractivity contribution is 5.78. The Balaban J connectivity index is 2.00. The molecular weight excluding hydrogens is 220 g/mol. The minimum Gasteiger partial charge on any atom is -0.481 e. The lowest BCUT2D eigenvalue weighted by Crippen LogP contribution is -2.25. The molecule has 1 aliphatic rings. The molecule has 2 heterocycles. The van der Waals surface area contributed by atoms with E-state index in [0.29, 0.717) is 12.3 Å². The molecule has 1 saturated heterocycles. The molecule has 2 aromatic rings. The summed E-state index contributed by atoms with van der Waals surface area (Å²) in [5.41, 5.74) is 6.57. The smallest absolute Gasteiger partial charge is 0.309 e. The van der Waals surface area contributed by atoms with Crippen LogP contribution in [-0.2, 0) is 4.79 Å². The molecule has 0 aliphatic carbocycles. The van der Waals surface area contributed by atoms with Crippen LogP contribution in [0.4, 0.5) is 0 Å². The van der Waals surface area contributed by atoms with Crippen LogP contribution < -0.4 is 10.9 Å². The summed E-state index contributed by atoms with van der Waals surface area (Å²) in [6, 6.07) is 9.20. The lowest BCUT2D eigenvalue weighted by molar-refractivity contribution is -0.141. The summed E-state index contributed by atoms with van der Waals surface area (Å²) < 4.78 is 5.67. The number of hydrazine groups is 1. The summed E-state index contributed by atoms with van der Waals surface area (Å²) in [6.07, 6.45) is 0. The minimum absolute atomic E-state index is 0.320. The van der Waals surface area contributed by atoms with E-state index in [1.165, 1.54) is 0 Å². The standard InChI is InChI=1S/C12H12N2O3/c15-12(16)8-6-13-14-11(8)10-5-7-3-1-2-4-9(7)17-10/h1-5,8,11,13-14H,6H2,(H,15,16). The van der Waals surface area contributed by atoms with E-state index in [1.807, 2.05) is 30.3 Å². The van der Waals surface area contributed by atoms with Crippen LogP contribution in [0.1, 0.15) is 11.8 Å². The third-order valence-electron chi connectivity index (χ3n) is 3.05. The van der Waals surface area contributed by atoms with E-state index in [-0.39, 0.29) is 6.04 Å². The zero-order valence-corrected chi connectivity index (χ0v) is 9.01. The first-order chi connectivity index (χ1) is 8.25. The van der Waals surface area contributed by atoms with Gasteiger partial charge in [-0.3, -0.25) is 10.2 Å². The maximum absolute atomic E-state index is 11.1. The van der Waals surface area contributed by atoms with Crippen molar-refractivity contribution in [2.75, 3.05) is 6.54 Å². The van der Waals surface area contributed by atoms with Crippen molar-refractivity contribution in [3.05, 3.63) is 36.1 Å². The van der Waals surface area contributed by atoms with E-state index in [0.717, 1.165) is 11.0 Å². The quantitative estimate of drug-likeness (QED) is 0.727. The van der Waals surface area contributed by atoms with Crippen molar-refractivity contribution in [3.8, 4) is 0 Å². The number of carboxylic acids is 1. The van der Waals surface area contributed by atoms with E-state index >= 15 is 0 Å². The van der Waals surface area contributed by atoms with Crippen molar-refractivity contribution < 1.29 is 14.3 Å². The molecule has 3 N–H and O–H groups in total. The molecule has 3 rings (SSSR count). The first-order valence-electron chi connectivity index (χ1n) is 5.45. The van der Waals surface area contributed by atoms with Gasteiger partial charge in [0, 0.05) is 11.9 Å². The fraction of sp³-hybridized carbons (Fsp3) is 0.250. The van der Waals surface area contributed by atoms with E-state index in [4.69, 9.17) is 9.52 Å². The topological polar surface area (TPSA) is 74.5 Å². The molecule has 1 fully saturated rings. The van der Waals surface area contributed by atoms with Crippen LogP contribution >= 0.6 is 0 Å². The van der Waals surface area contributed by atoms with Gasteiger partial charge >= 0.3 is 5.97 Å². The second-order valence-electron chi connectivity index (χ2n) is 4.13. The second kappa shape index (κ2) is 3.87. The molecule has 5 heteroatoms. The minimum atomic E-state index is -0.826. The lowest BCUT2D eigenvalue weighted by Gasteiger charge is -2.11. The number of rotatable bonds is 2. The first-order valence-corrected chi connectivity index (χ1v) is 5.45. The van der Waals surface area contributed by atoms with Crippen molar-refractivity contribution in [2.24, 2.45) is 5.92 Å². The largest absolute Gasteiger partial charge is 0.481 e. The van der Waals surface area contributed by atoms with Gasteiger partial charge in [0.15, 0.2) is 0 Å². The molecule has 0 spiro atoms. The fourth-order valence-electron chi connectivity index (χ4n) is 2.15. The Kier molecular flexibility index (Phi) is 2.35. The number of carboxylic acid groups (broad SMARTS) is 1. The van der Waals surface area contributed by atoms with Crippen LogP contribution in [0.25, 0.3) is 11.0 Å². The van der Waals surface area contributed by atoms with Crippen molar-refractivity contribution in [1.29, 1.82) is 0 Å². The van der Waals surface area contributed by atoms with Crippen molar-refractivity contribution >= 4 is 16.9 Å². The first kappa shape index (κ1) is 10.3. The fourth-order valence-corrected chi connectivity index (χ4v) is 2.15. The molecular formula is C12H12N2O3. The SMILES string of the molecule is O=C(O)C1CNNC1c1cc2ccccc2o1. The normalized spacial score (nSPS) is 24.2. The number of hydrogen-bond acceptors (Lipinski definition) is 4. The van der Waals surface area contributed by atoms with Crippen LogP contribution in [0.5, 0.6) is 0 Å². The molecule has 1 aromatic heterocycles. The molecule has 0 saturated carbocycles. The van der Waals surface area contributed by atoms with Gasteiger partial charge in [0.25, 0.3) is 0 Å². The predicted molar refractivity (Wildman–Crippen MR) is 61.2 cm³/mol. The highest BCUT2D eigenvalue weighted by atomic mass is 16.4. The number of aliphatic carboxylic acids is 1. The van der Waals surface area contributed by atoms with Crippen LogP contribution in [0.2, 0.25) is 0 Å². The predicted octanol–water partition coefficient (Wildman–Crippen LogP) is 1.28. The van der Waals surface area contributed by atoms with Gasteiger partial charge in [-0.1, -0.05) is 18.2 Å². The zero-order valence-electron chi connectivity index (χ0n) is 9.01. The van der Waals surface area contributed by atoms with E-state index < -0.39 is 11.9 Å². The van der Waals surface area contributed by atoms with Gasteiger partial charge in [0.05, 0.1) is 12.0 Å². The maximum atomic E-state index is 11.1. The Morgan fingerprint density at radius 3 is 3.00 bits per heavy atom. The number of carbonyl (C=O) groups is 1. The number of hydrogen-bond donors (Lipinski definition) is 3. The number of benzene rings is 1. The summed E-state index contributed by atoms with van der Waals surface area (Å²) in [4.78, 5) is 11.1. The van der Waals surface area contributed by atoms with Gasteiger partial charge in [-0.25, -0.2) is 5.43 Å². The Hall–Kier alpha value is -1.85. The van der Waals surface area contributed by atoms with Crippen molar-refractivity contribution in [1.82, 2.24) is 10.9 Å². The number of furan rings is 1. The van der Waals surface area contributed by atoms with Crippen molar-refractivity contribution in [3.63, 3.8) is 0 Å². The number of fused-ring (bicyclic) bond motifs is 1. The van der Waals surface area contributed by atoms with Crippen LogP contribution in [0, 0.1) is 5.92 Å². The summed E-state index contributed by atoms with van der Waals surface area (Å²) in [7, 11) is 0. The molecule has 0 bridgehead atoms. The molecule has 5 nitrogen and oxygen atoms in total. The Morgan fingerprint density at radius 1 is 1.41 bits per heavy atom. The summed E-state index contributed by atoms with van der Waals surface area (Å²) in [5.74, 6) is -0.674. The molecule has 2 unspecified atom stereocenters. The molecule has 1 aromatic carbocycles. The average molecular weight is 232 g/mol. The highest BCUT2D eigenvalue weighted by Gasteiger charge is 2.35. The third-order valence-corrected chi connectivity index (χ3v) is 3.05. The summed E-state index contributed by atoms with van der Waals surface area (Å²) in [5, 5.41) is 10.1. The Labute approximate surface area is 97.4 Å². The lowest BCUT2D eigenvalue weighted by atomic mass is 10.0. The third kappa shape index (κ3) is 1.69. The van der Waals surface area contributed by atoms with E-state index in [9.17, 15) is 4.79 Å². The van der Waals surface area contributed by atoms with E-state index in [2.05, 4.69) is 10.9 Å². The van der Waals surface area contributed by atoms with Gasteiger partial charge in [-0.15, -0.1) is 0 Å². The van der Waals surface area contributed by atoms with Crippen LogP contribution in [-0.4, -0.2) is 17.6 Å². The molecule has 17 heavy (non-hydrogen) atoms. The number of para-hydroxylation sites is 1.